The van der Waals surface area contributed by atoms with Crippen molar-refractivity contribution in [1.29, 1.82) is 0 Å². The number of likely N-dealkylation sites (tertiary alicyclic amines) is 1. The van der Waals surface area contributed by atoms with Gasteiger partial charge in [-0.15, -0.1) is 0 Å². The second-order valence-electron chi connectivity index (χ2n) is 4.06. The number of methoxy groups -OCH3 is 1. The Kier molecular flexibility index (Phi) is 4.73. The summed E-state index contributed by atoms with van der Waals surface area (Å²) in [6.45, 7) is 3.72. The zero-order valence-electron chi connectivity index (χ0n) is 10.2. The van der Waals surface area contributed by atoms with Crippen molar-refractivity contribution < 1.29 is 14.3 Å². The van der Waals surface area contributed by atoms with Gasteiger partial charge < -0.3 is 9.64 Å². The molecular formula is C11H20N2O3. The minimum atomic E-state index is -0.237. The molecule has 1 rings (SSSR count). The maximum Gasteiger partial charge on any atom is 0.323 e. The van der Waals surface area contributed by atoms with Gasteiger partial charge in [0.2, 0.25) is 5.91 Å². The monoisotopic (exact) mass is 228 g/mol. The van der Waals surface area contributed by atoms with Gasteiger partial charge in [0, 0.05) is 13.6 Å². The fraction of sp³-hybridized carbons (Fsp3) is 0.818. The molecule has 0 bridgehead atoms. The van der Waals surface area contributed by atoms with Gasteiger partial charge in [-0.2, -0.15) is 0 Å². The summed E-state index contributed by atoms with van der Waals surface area (Å²) in [6, 6.07) is -0.237. The van der Waals surface area contributed by atoms with Gasteiger partial charge in [-0.05, 0) is 26.3 Å². The number of amides is 1. The van der Waals surface area contributed by atoms with Crippen LogP contribution < -0.4 is 0 Å². The average Bonchev–Trinajstić information content (AvgIpc) is 2.74. The van der Waals surface area contributed by atoms with E-state index >= 15 is 0 Å². The molecule has 0 N–H and O–H groups in total. The summed E-state index contributed by atoms with van der Waals surface area (Å²) in [4.78, 5) is 26.7. The van der Waals surface area contributed by atoms with Gasteiger partial charge in [-0.1, -0.05) is 0 Å². The molecule has 92 valence electrons. The van der Waals surface area contributed by atoms with E-state index in [9.17, 15) is 9.59 Å². The number of carbonyl (C=O) groups excluding carboxylic acids is 2. The highest BCUT2D eigenvalue weighted by Gasteiger charge is 2.32. The van der Waals surface area contributed by atoms with E-state index in [2.05, 4.69) is 0 Å². The number of likely N-dealkylation sites (N-methyl/N-ethyl adjacent to an activating group) is 1. The van der Waals surface area contributed by atoms with Gasteiger partial charge in [0.25, 0.3) is 0 Å². The lowest BCUT2D eigenvalue weighted by atomic mass is 10.2. The molecule has 1 amide bonds. The van der Waals surface area contributed by atoms with Crippen LogP contribution in [0.5, 0.6) is 0 Å². The molecule has 5 heteroatoms. The van der Waals surface area contributed by atoms with Gasteiger partial charge in [-0.25, -0.2) is 0 Å². The van der Waals surface area contributed by atoms with Gasteiger partial charge in [0.05, 0.1) is 13.7 Å². The molecule has 1 aliphatic rings. The molecule has 1 fully saturated rings. The highest BCUT2D eigenvalue weighted by atomic mass is 16.5. The first-order valence-corrected chi connectivity index (χ1v) is 5.66. The second-order valence-corrected chi connectivity index (χ2v) is 4.06. The third kappa shape index (κ3) is 2.95. The molecule has 0 saturated carbocycles. The summed E-state index contributed by atoms with van der Waals surface area (Å²) in [7, 11) is 3.16. The number of carbonyl (C=O) groups is 2. The van der Waals surface area contributed by atoms with E-state index in [4.69, 9.17) is 4.74 Å². The van der Waals surface area contributed by atoms with E-state index < -0.39 is 0 Å². The Hall–Kier alpha value is -1.10. The van der Waals surface area contributed by atoms with Crippen molar-refractivity contribution in [1.82, 2.24) is 9.80 Å². The molecular weight excluding hydrogens is 208 g/mol. The number of esters is 1. The third-order valence-corrected chi connectivity index (χ3v) is 3.08. The first-order chi connectivity index (χ1) is 7.60. The zero-order chi connectivity index (χ0) is 12.1. The fourth-order valence-corrected chi connectivity index (χ4v) is 1.89. The van der Waals surface area contributed by atoms with Crippen LogP contribution in [0.25, 0.3) is 0 Å². The maximum absolute atomic E-state index is 11.7. The van der Waals surface area contributed by atoms with Crippen molar-refractivity contribution in [2.24, 2.45) is 0 Å². The average molecular weight is 228 g/mol. The Labute approximate surface area is 96.3 Å². The molecule has 16 heavy (non-hydrogen) atoms. The van der Waals surface area contributed by atoms with E-state index in [1.165, 1.54) is 7.11 Å². The number of nitrogens with zero attached hydrogens (tertiary/aromatic N) is 2. The number of hydrogen-bond acceptors (Lipinski definition) is 4. The summed E-state index contributed by atoms with van der Waals surface area (Å²) in [5.74, 6) is -0.178. The van der Waals surface area contributed by atoms with Crippen LogP contribution in [0.15, 0.2) is 0 Å². The predicted molar refractivity (Wildman–Crippen MR) is 59.9 cm³/mol. The minimum absolute atomic E-state index is 0.0540. The molecule has 0 spiro atoms. The summed E-state index contributed by atoms with van der Waals surface area (Å²) >= 11 is 0. The van der Waals surface area contributed by atoms with Gasteiger partial charge in [0.15, 0.2) is 0 Å². The smallest absolute Gasteiger partial charge is 0.323 e. The van der Waals surface area contributed by atoms with Crippen LogP contribution in [0.1, 0.15) is 19.8 Å². The zero-order valence-corrected chi connectivity index (χ0v) is 10.2. The highest BCUT2D eigenvalue weighted by Crippen LogP contribution is 2.17. The van der Waals surface area contributed by atoms with Crippen LogP contribution >= 0.6 is 0 Å². The molecule has 1 aliphatic heterocycles. The number of rotatable bonds is 4. The Morgan fingerprint density at radius 2 is 2.19 bits per heavy atom. The van der Waals surface area contributed by atoms with Crippen molar-refractivity contribution in [3.05, 3.63) is 0 Å². The molecule has 0 aliphatic carbocycles. The van der Waals surface area contributed by atoms with Gasteiger partial charge in [-0.3, -0.25) is 14.5 Å². The largest absolute Gasteiger partial charge is 0.468 e. The third-order valence-electron chi connectivity index (χ3n) is 3.08. The van der Waals surface area contributed by atoms with Crippen molar-refractivity contribution in [2.75, 3.05) is 33.8 Å². The Balaban J connectivity index is 2.53. The summed E-state index contributed by atoms with van der Waals surface area (Å²) in [5, 5.41) is 0. The first-order valence-electron chi connectivity index (χ1n) is 5.66. The van der Waals surface area contributed by atoms with Crippen molar-refractivity contribution in [3.8, 4) is 0 Å². The topological polar surface area (TPSA) is 49.9 Å². The Bertz CT molecular complexity index is 268. The second kappa shape index (κ2) is 5.84. The van der Waals surface area contributed by atoms with Crippen LogP contribution in [0, 0.1) is 0 Å². The highest BCUT2D eigenvalue weighted by molar-refractivity contribution is 5.80. The normalized spacial score (nSPS) is 20.8. The molecule has 1 saturated heterocycles. The van der Waals surface area contributed by atoms with Crippen molar-refractivity contribution in [3.63, 3.8) is 0 Å². The fourth-order valence-electron chi connectivity index (χ4n) is 1.89. The van der Waals surface area contributed by atoms with Crippen molar-refractivity contribution >= 4 is 11.9 Å². The van der Waals surface area contributed by atoms with Crippen LogP contribution in [0.2, 0.25) is 0 Å². The van der Waals surface area contributed by atoms with Gasteiger partial charge in [0.1, 0.15) is 6.04 Å². The molecule has 1 atom stereocenters. The molecule has 5 nitrogen and oxygen atoms in total. The molecule has 1 heterocycles. The summed E-state index contributed by atoms with van der Waals surface area (Å²) in [6.07, 6.45) is 1.73. The maximum atomic E-state index is 11.7. The van der Waals surface area contributed by atoms with E-state index in [0.29, 0.717) is 13.1 Å². The lowest BCUT2D eigenvalue weighted by Crippen LogP contribution is -2.43. The number of hydrogen-bond donors (Lipinski definition) is 0. The van der Waals surface area contributed by atoms with Crippen LogP contribution in [-0.4, -0.2) is 61.5 Å². The molecule has 1 unspecified atom stereocenters. The lowest BCUT2D eigenvalue weighted by Gasteiger charge is -2.24. The quantitative estimate of drug-likeness (QED) is 0.640. The molecule has 0 radical (unpaired) electrons. The first kappa shape index (κ1) is 13.0. The molecule has 0 aromatic rings. The minimum Gasteiger partial charge on any atom is -0.468 e. The summed E-state index contributed by atoms with van der Waals surface area (Å²) in [5.41, 5.74) is 0. The standard InChI is InChI=1S/C11H20N2O3/c1-4-12(2)10(14)8-13-7-5-6-9(13)11(15)16-3/h9H,4-8H2,1-3H3. The Morgan fingerprint density at radius 3 is 2.75 bits per heavy atom. The number of ether oxygens (including phenoxy) is 1. The lowest BCUT2D eigenvalue weighted by molar-refractivity contribution is -0.146. The van der Waals surface area contributed by atoms with Crippen LogP contribution in [0.3, 0.4) is 0 Å². The van der Waals surface area contributed by atoms with Crippen LogP contribution in [-0.2, 0) is 14.3 Å². The van der Waals surface area contributed by atoms with Crippen LogP contribution in [0.4, 0.5) is 0 Å². The SMILES string of the molecule is CCN(C)C(=O)CN1CCCC1C(=O)OC. The molecule has 0 aromatic heterocycles. The summed E-state index contributed by atoms with van der Waals surface area (Å²) < 4.78 is 4.73. The van der Waals surface area contributed by atoms with E-state index in [-0.39, 0.29) is 17.9 Å². The molecule has 0 aromatic carbocycles. The van der Waals surface area contributed by atoms with Gasteiger partial charge >= 0.3 is 5.97 Å². The van der Waals surface area contributed by atoms with Crippen molar-refractivity contribution in [2.45, 2.75) is 25.8 Å². The Morgan fingerprint density at radius 1 is 1.50 bits per heavy atom. The predicted octanol–water partition coefficient (Wildman–Crippen LogP) is 0.102. The van der Waals surface area contributed by atoms with E-state index in [1.54, 1.807) is 11.9 Å². The van der Waals surface area contributed by atoms with E-state index in [0.717, 1.165) is 19.4 Å². The van der Waals surface area contributed by atoms with E-state index in [1.807, 2.05) is 11.8 Å².